The lowest BCUT2D eigenvalue weighted by atomic mass is 9.93. The number of para-hydroxylation sites is 1. The Bertz CT molecular complexity index is 1080. The van der Waals surface area contributed by atoms with E-state index in [2.05, 4.69) is 42.6 Å². The second-order valence-corrected chi connectivity index (χ2v) is 9.77. The van der Waals surface area contributed by atoms with Crippen LogP contribution in [0.4, 0.5) is 0 Å². The van der Waals surface area contributed by atoms with Crippen molar-refractivity contribution in [2.75, 3.05) is 6.54 Å². The quantitative estimate of drug-likeness (QED) is 0.654. The van der Waals surface area contributed by atoms with Crippen LogP contribution >= 0.6 is 0 Å². The molecule has 4 rings (SSSR count). The van der Waals surface area contributed by atoms with Crippen LogP contribution in [0.1, 0.15) is 49.4 Å². The molecule has 142 valence electrons. The molecule has 0 unspecified atom stereocenters. The van der Waals surface area contributed by atoms with E-state index in [0.717, 1.165) is 29.6 Å². The fourth-order valence-corrected chi connectivity index (χ4v) is 5.10. The second kappa shape index (κ2) is 6.50. The van der Waals surface area contributed by atoms with Crippen molar-refractivity contribution in [1.29, 1.82) is 0 Å². The topological polar surface area (TPSA) is 62.0 Å². The maximum Gasteiger partial charge on any atom is 0.240 e. The van der Waals surface area contributed by atoms with E-state index in [9.17, 15) is 8.42 Å². The van der Waals surface area contributed by atoms with Crippen molar-refractivity contribution in [1.82, 2.24) is 9.71 Å². The van der Waals surface area contributed by atoms with Crippen LogP contribution in [-0.4, -0.2) is 19.9 Å². The van der Waals surface area contributed by atoms with Gasteiger partial charge in [0.2, 0.25) is 10.0 Å². The van der Waals surface area contributed by atoms with E-state index in [1.165, 1.54) is 10.9 Å². The number of fused-ring (bicyclic) bond motifs is 1. The molecule has 1 fully saturated rings. The van der Waals surface area contributed by atoms with Gasteiger partial charge in [-0.25, -0.2) is 13.1 Å². The minimum absolute atomic E-state index is 0.103. The molecule has 1 aliphatic carbocycles. The first-order valence-corrected chi connectivity index (χ1v) is 11.0. The molecule has 0 atom stereocenters. The van der Waals surface area contributed by atoms with Gasteiger partial charge in [-0.1, -0.05) is 44.2 Å². The summed E-state index contributed by atoms with van der Waals surface area (Å²) in [6, 6.07) is 15.4. The van der Waals surface area contributed by atoms with Gasteiger partial charge in [-0.2, -0.15) is 0 Å². The van der Waals surface area contributed by atoms with E-state index in [-0.39, 0.29) is 5.41 Å². The van der Waals surface area contributed by atoms with Crippen molar-refractivity contribution in [2.45, 2.75) is 49.8 Å². The summed E-state index contributed by atoms with van der Waals surface area (Å²) in [6.45, 7) is 6.71. The van der Waals surface area contributed by atoms with Crippen molar-refractivity contribution in [2.24, 2.45) is 0 Å². The van der Waals surface area contributed by atoms with Crippen LogP contribution in [0.15, 0.2) is 53.4 Å². The second-order valence-electron chi connectivity index (χ2n) is 8.00. The highest BCUT2D eigenvalue weighted by molar-refractivity contribution is 7.89. The van der Waals surface area contributed by atoms with Gasteiger partial charge in [0.1, 0.15) is 0 Å². The molecule has 0 bridgehead atoms. The van der Waals surface area contributed by atoms with E-state index in [1.54, 1.807) is 12.1 Å². The summed E-state index contributed by atoms with van der Waals surface area (Å²) in [4.78, 5) is 3.77. The van der Waals surface area contributed by atoms with Crippen LogP contribution in [0.2, 0.25) is 0 Å². The minimum atomic E-state index is -3.51. The third-order valence-electron chi connectivity index (χ3n) is 5.74. The molecule has 5 heteroatoms. The monoisotopic (exact) mass is 382 g/mol. The molecule has 0 aliphatic heterocycles. The van der Waals surface area contributed by atoms with Gasteiger partial charge in [0.15, 0.2) is 0 Å². The van der Waals surface area contributed by atoms with Crippen LogP contribution < -0.4 is 4.72 Å². The first-order chi connectivity index (χ1) is 12.8. The number of sulfonamides is 1. The maximum absolute atomic E-state index is 12.8. The molecule has 3 aromatic rings. The number of aryl methyl sites for hydroxylation is 1. The Kier molecular flexibility index (Phi) is 4.40. The Balaban J connectivity index is 1.58. The zero-order chi connectivity index (χ0) is 19.2. The highest BCUT2D eigenvalue weighted by Gasteiger charge is 2.47. The predicted octanol–water partition coefficient (Wildman–Crippen LogP) is 4.61. The van der Waals surface area contributed by atoms with Gasteiger partial charge in [-0.3, -0.25) is 0 Å². The molecule has 0 saturated heterocycles. The predicted molar refractivity (Wildman–Crippen MR) is 110 cm³/mol. The summed E-state index contributed by atoms with van der Waals surface area (Å²) >= 11 is 0. The molecule has 0 spiro atoms. The van der Waals surface area contributed by atoms with E-state index in [0.29, 0.717) is 17.4 Å². The molecular formula is C22H26N2O2S. The molecule has 1 saturated carbocycles. The highest BCUT2D eigenvalue weighted by Crippen LogP contribution is 2.51. The number of hydrogen-bond donors (Lipinski definition) is 2. The third kappa shape index (κ3) is 3.30. The minimum Gasteiger partial charge on any atom is -0.358 e. The van der Waals surface area contributed by atoms with Gasteiger partial charge >= 0.3 is 0 Å². The number of nitrogens with one attached hydrogen (secondary N) is 2. The molecule has 0 amide bonds. The largest absolute Gasteiger partial charge is 0.358 e. The van der Waals surface area contributed by atoms with Gasteiger partial charge in [0.25, 0.3) is 0 Å². The molecule has 1 heterocycles. The van der Waals surface area contributed by atoms with Crippen molar-refractivity contribution in [3.63, 3.8) is 0 Å². The van der Waals surface area contributed by atoms with E-state index < -0.39 is 10.0 Å². The average molecular weight is 383 g/mol. The van der Waals surface area contributed by atoms with E-state index in [1.807, 2.05) is 24.3 Å². The Labute approximate surface area is 161 Å². The molecule has 2 aromatic carbocycles. The number of benzene rings is 2. The van der Waals surface area contributed by atoms with Crippen molar-refractivity contribution in [3.05, 3.63) is 65.4 Å². The first kappa shape index (κ1) is 18.3. The van der Waals surface area contributed by atoms with E-state index in [4.69, 9.17) is 0 Å². The summed E-state index contributed by atoms with van der Waals surface area (Å²) in [7, 11) is -3.51. The number of rotatable bonds is 6. The van der Waals surface area contributed by atoms with Gasteiger partial charge in [0, 0.05) is 28.6 Å². The van der Waals surface area contributed by atoms with Crippen molar-refractivity contribution in [3.8, 4) is 0 Å². The zero-order valence-corrected chi connectivity index (χ0v) is 16.9. The Morgan fingerprint density at radius 2 is 1.74 bits per heavy atom. The summed E-state index contributed by atoms with van der Waals surface area (Å²) in [5.74, 6) is 0.384. The van der Waals surface area contributed by atoms with Crippen molar-refractivity contribution >= 4 is 20.9 Å². The van der Waals surface area contributed by atoms with E-state index >= 15 is 0 Å². The number of hydrogen-bond acceptors (Lipinski definition) is 2. The smallest absolute Gasteiger partial charge is 0.240 e. The standard InChI is InChI=1S/C22H26N2O2S/c1-15(2)17-8-10-18(11-9-17)27(25,26)23-14-22(12-13-22)21-16(3)24-20-7-5-4-6-19(20)21/h4-11,15,23-24H,12-14H2,1-3H3. The normalized spacial score (nSPS) is 16.1. The lowest BCUT2D eigenvalue weighted by Gasteiger charge is -2.17. The van der Waals surface area contributed by atoms with Crippen LogP contribution in [0.5, 0.6) is 0 Å². The average Bonchev–Trinajstić information content (AvgIpc) is 3.35. The van der Waals surface area contributed by atoms with Crippen LogP contribution in [0.25, 0.3) is 10.9 Å². The van der Waals surface area contributed by atoms with Crippen LogP contribution in [0, 0.1) is 6.92 Å². The SMILES string of the molecule is Cc1[nH]c2ccccc2c1C1(CNS(=O)(=O)c2ccc(C(C)C)cc2)CC1. The van der Waals surface area contributed by atoms with Crippen LogP contribution in [0.3, 0.4) is 0 Å². The molecular weight excluding hydrogens is 356 g/mol. The Morgan fingerprint density at radius 3 is 2.37 bits per heavy atom. The zero-order valence-electron chi connectivity index (χ0n) is 16.0. The summed E-state index contributed by atoms with van der Waals surface area (Å²) in [6.07, 6.45) is 2.01. The summed E-state index contributed by atoms with van der Waals surface area (Å²) < 4.78 is 28.4. The van der Waals surface area contributed by atoms with Gasteiger partial charge in [-0.15, -0.1) is 0 Å². The number of H-pyrrole nitrogens is 1. The number of aromatic nitrogens is 1. The third-order valence-corrected chi connectivity index (χ3v) is 7.15. The van der Waals surface area contributed by atoms with Gasteiger partial charge < -0.3 is 4.98 Å². The molecule has 2 N–H and O–H groups in total. The molecule has 4 nitrogen and oxygen atoms in total. The molecule has 1 aliphatic rings. The first-order valence-electron chi connectivity index (χ1n) is 9.50. The maximum atomic E-state index is 12.8. The molecule has 27 heavy (non-hydrogen) atoms. The lowest BCUT2D eigenvalue weighted by Crippen LogP contribution is -2.32. The molecule has 0 radical (unpaired) electrons. The summed E-state index contributed by atoms with van der Waals surface area (Å²) in [5, 5.41) is 1.20. The van der Waals surface area contributed by atoms with Gasteiger partial charge in [-0.05, 0) is 55.0 Å². The Hall–Kier alpha value is -2.11. The lowest BCUT2D eigenvalue weighted by molar-refractivity contribution is 0.567. The fraction of sp³-hybridized carbons (Fsp3) is 0.364. The van der Waals surface area contributed by atoms with Crippen LogP contribution in [-0.2, 0) is 15.4 Å². The van der Waals surface area contributed by atoms with Gasteiger partial charge in [0.05, 0.1) is 4.90 Å². The molecule has 1 aromatic heterocycles. The fourth-order valence-electron chi connectivity index (χ4n) is 3.97. The highest BCUT2D eigenvalue weighted by atomic mass is 32.2. The number of aromatic amines is 1. The summed E-state index contributed by atoms with van der Waals surface area (Å²) in [5.41, 5.74) is 4.55. The Morgan fingerprint density at radius 1 is 1.07 bits per heavy atom. The van der Waals surface area contributed by atoms with Crippen molar-refractivity contribution < 1.29 is 8.42 Å².